The number of imidazole rings is 1. The van der Waals surface area contributed by atoms with Crippen LogP contribution in [0.5, 0.6) is 11.5 Å². The lowest BCUT2D eigenvalue weighted by molar-refractivity contribution is 0.276. The van der Waals surface area contributed by atoms with Gasteiger partial charge in [0.25, 0.3) is 0 Å². The third-order valence-electron chi connectivity index (χ3n) is 2.98. The highest BCUT2D eigenvalue weighted by Gasteiger charge is 2.08. The molecule has 0 fully saturated rings. The summed E-state index contributed by atoms with van der Waals surface area (Å²) in [6.07, 6.45) is 0. The molecule has 0 atom stereocenters. The normalized spacial score (nSPS) is 10.8. The van der Waals surface area contributed by atoms with E-state index in [0.29, 0.717) is 22.3 Å². The van der Waals surface area contributed by atoms with E-state index in [1.54, 1.807) is 12.1 Å². The van der Waals surface area contributed by atoms with E-state index >= 15 is 0 Å². The maximum atomic E-state index is 13.2. The van der Waals surface area contributed by atoms with Crippen molar-refractivity contribution in [1.29, 1.82) is 0 Å². The van der Waals surface area contributed by atoms with Crippen LogP contribution in [0.15, 0.2) is 36.4 Å². The van der Waals surface area contributed by atoms with E-state index in [-0.39, 0.29) is 12.4 Å². The molecule has 1 aromatic heterocycles. The third kappa shape index (κ3) is 2.92. The van der Waals surface area contributed by atoms with E-state index in [0.717, 1.165) is 11.0 Å². The SMILES string of the molecule is COc1ccc(F)cc1OCc1nc2ccc(Cl)cc2[nH]1. The van der Waals surface area contributed by atoms with Gasteiger partial charge in [-0.25, -0.2) is 9.37 Å². The van der Waals surface area contributed by atoms with Crippen LogP contribution in [-0.4, -0.2) is 17.1 Å². The second-order valence-corrected chi connectivity index (χ2v) is 4.87. The average molecular weight is 307 g/mol. The molecule has 1 N–H and O–H groups in total. The molecule has 0 aliphatic rings. The van der Waals surface area contributed by atoms with Crippen LogP contribution in [0, 0.1) is 5.82 Å². The van der Waals surface area contributed by atoms with Crippen LogP contribution in [0.25, 0.3) is 11.0 Å². The Bertz CT molecular complexity index is 788. The quantitative estimate of drug-likeness (QED) is 0.794. The number of fused-ring (bicyclic) bond motifs is 1. The Morgan fingerprint density at radius 2 is 2.05 bits per heavy atom. The average Bonchev–Trinajstić information content (AvgIpc) is 2.87. The number of ether oxygens (including phenoxy) is 2. The zero-order chi connectivity index (χ0) is 14.8. The highest BCUT2D eigenvalue weighted by Crippen LogP contribution is 2.28. The fraction of sp³-hybridized carbons (Fsp3) is 0.133. The molecule has 0 saturated heterocycles. The van der Waals surface area contributed by atoms with E-state index in [4.69, 9.17) is 21.1 Å². The van der Waals surface area contributed by atoms with E-state index < -0.39 is 0 Å². The van der Waals surface area contributed by atoms with Gasteiger partial charge in [-0.2, -0.15) is 0 Å². The van der Waals surface area contributed by atoms with E-state index in [1.807, 2.05) is 6.07 Å². The second-order valence-electron chi connectivity index (χ2n) is 4.43. The summed E-state index contributed by atoms with van der Waals surface area (Å²) >= 11 is 5.92. The zero-order valence-electron chi connectivity index (χ0n) is 11.2. The monoisotopic (exact) mass is 306 g/mol. The van der Waals surface area contributed by atoms with E-state index in [9.17, 15) is 4.39 Å². The van der Waals surface area contributed by atoms with Gasteiger partial charge in [0.05, 0.1) is 18.1 Å². The van der Waals surface area contributed by atoms with Gasteiger partial charge in [-0.3, -0.25) is 0 Å². The molecule has 108 valence electrons. The number of methoxy groups -OCH3 is 1. The summed E-state index contributed by atoms with van der Waals surface area (Å²) in [5.41, 5.74) is 1.62. The van der Waals surface area contributed by atoms with Crippen molar-refractivity contribution < 1.29 is 13.9 Å². The molecule has 0 saturated carbocycles. The molecule has 6 heteroatoms. The van der Waals surface area contributed by atoms with Crippen molar-refractivity contribution in [2.24, 2.45) is 0 Å². The largest absolute Gasteiger partial charge is 0.493 e. The van der Waals surface area contributed by atoms with Crippen molar-refractivity contribution in [2.75, 3.05) is 7.11 Å². The van der Waals surface area contributed by atoms with Crippen LogP contribution >= 0.6 is 11.6 Å². The highest BCUT2D eigenvalue weighted by molar-refractivity contribution is 6.31. The zero-order valence-corrected chi connectivity index (χ0v) is 11.9. The smallest absolute Gasteiger partial charge is 0.164 e. The fourth-order valence-corrected chi connectivity index (χ4v) is 2.18. The minimum Gasteiger partial charge on any atom is -0.493 e. The van der Waals surface area contributed by atoms with Gasteiger partial charge in [-0.15, -0.1) is 0 Å². The first-order valence-electron chi connectivity index (χ1n) is 6.26. The minimum absolute atomic E-state index is 0.173. The Kier molecular flexibility index (Phi) is 3.66. The number of aromatic amines is 1. The number of nitrogens with zero attached hydrogens (tertiary/aromatic N) is 1. The number of nitrogens with one attached hydrogen (secondary N) is 1. The molecular formula is C15H12ClFN2O2. The third-order valence-corrected chi connectivity index (χ3v) is 3.22. The van der Waals surface area contributed by atoms with Gasteiger partial charge in [0.15, 0.2) is 11.5 Å². The van der Waals surface area contributed by atoms with Crippen molar-refractivity contribution in [3.63, 3.8) is 0 Å². The molecule has 0 aliphatic carbocycles. The first-order chi connectivity index (χ1) is 10.2. The van der Waals surface area contributed by atoms with Crippen molar-refractivity contribution in [1.82, 2.24) is 9.97 Å². The standard InChI is InChI=1S/C15H12ClFN2O2/c1-20-13-5-3-10(17)7-14(13)21-8-15-18-11-4-2-9(16)6-12(11)19-15/h2-7H,8H2,1H3,(H,18,19). The first-order valence-corrected chi connectivity index (χ1v) is 6.64. The highest BCUT2D eigenvalue weighted by atomic mass is 35.5. The molecular weight excluding hydrogens is 295 g/mol. The topological polar surface area (TPSA) is 47.1 Å². The van der Waals surface area contributed by atoms with Crippen molar-refractivity contribution in [3.05, 3.63) is 53.1 Å². The van der Waals surface area contributed by atoms with E-state index in [2.05, 4.69) is 9.97 Å². The summed E-state index contributed by atoms with van der Waals surface area (Å²) in [5, 5.41) is 0.630. The molecule has 0 aliphatic heterocycles. The summed E-state index contributed by atoms with van der Waals surface area (Å²) < 4.78 is 23.9. The number of benzene rings is 2. The lowest BCUT2D eigenvalue weighted by Gasteiger charge is -2.09. The summed E-state index contributed by atoms with van der Waals surface area (Å²) in [5.74, 6) is 1.03. The van der Waals surface area contributed by atoms with Gasteiger partial charge in [0, 0.05) is 11.1 Å². The number of rotatable bonds is 4. The predicted molar refractivity (Wildman–Crippen MR) is 78.4 cm³/mol. The fourth-order valence-electron chi connectivity index (χ4n) is 2.01. The molecule has 1 heterocycles. The Balaban J connectivity index is 1.81. The lowest BCUT2D eigenvalue weighted by Crippen LogP contribution is -1.99. The predicted octanol–water partition coefficient (Wildman–Crippen LogP) is 3.94. The van der Waals surface area contributed by atoms with Crippen molar-refractivity contribution >= 4 is 22.6 Å². The Morgan fingerprint density at radius 3 is 2.86 bits per heavy atom. The molecule has 0 spiro atoms. The lowest BCUT2D eigenvalue weighted by atomic mass is 10.3. The Labute approximate surface area is 125 Å². The van der Waals surface area contributed by atoms with Gasteiger partial charge in [0.1, 0.15) is 18.2 Å². The van der Waals surface area contributed by atoms with Crippen LogP contribution in [0.4, 0.5) is 4.39 Å². The molecule has 21 heavy (non-hydrogen) atoms. The van der Waals surface area contributed by atoms with Crippen LogP contribution < -0.4 is 9.47 Å². The maximum absolute atomic E-state index is 13.2. The molecule has 4 nitrogen and oxygen atoms in total. The van der Waals surface area contributed by atoms with Crippen LogP contribution in [0.2, 0.25) is 5.02 Å². The molecule has 3 rings (SSSR count). The van der Waals surface area contributed by atoms with Crippen LogP contribution in [-0.2, 0) is 6.61 Å². The Morgan fingerprint density at radius 1 is 1.19 bits per heavy atom. The number of halogens is 2. The molecule has 0 amide bonds. The van der Waals surface area contributed by atoms with Crippen molar-refractivity contribution in [2.45, 2.75) is 6.61 Å². The van der Waals surface area contributed by atoms with Gasteiger partial charge in [-0.1, -0.05) is 11.6 Å². The molecule has 0 unspecified atom stereocenters. The summed E-state index contributed by atoms with van der Waals surface area (Å²) in [6, 6.07) is 9.48. The summed E-state index contributed by atoms with van der Waals surface area (Å²) in [7, 11) is 1.50. The number of aromatic nitrogens is 2. The molecule has 2 aromatic carbocycles. The number of hydrogen-bond acceptors (Lipinski definition) is 3. The number of H-pyrrole nitrogens is 1. The van der Waals surface area contributed by atoms with E-state index in [1.165, 1.54) is 25.3 Å². The van der Waals surface area contributed by atoms with Crippen molar-refractivity contribution in [3.8, 4) is 11.5 Å². The second kappa shape index (κ2) is 5.61. The van der Waals surface area contributed by atoms with Gasteiger partial charge in [0.2, 0.25) is 0 Å². The first kappa shape index (κ1) is 13.7. The molecule has 0 bridgehead atoms. The van der Waals surface area contributed by atoms with Crippen LogP contribution in [0.3, 0.4) is 0 Å². The maximum Gasteiger partial charge on any atom is 0.164 e. The Hall–Kier alpha value is -2.27. The van der Waals surface area contributed by atoms with Gasteiger partial charge in [-0.05, 0) is 30.3 Å². The molecule has 3 aromatic rings. The number of hydrogen-bond donors (Lipinski definition) is 1. The van der Waals surface area contributed by atoms with Crippen LogP contribution in [0.1, 0.15) is 5.82 Å². The van der Waals surface area contributed by atoms with Gasteiger partial charge >= 0.3 is 0 Å². The molecule has 0 radical (unpaired) electrons. The van der Waals surface area contributed by atoms with Gasteiger partial charge < -0.3 is 14.5 Å². The minimum atomic E-state index is -0.387. The summed E-state index contributed by atoms with van der Waals surface area (Å²) in [6.45, 7) is 0.173. The summed E-state index contributed by atoms with van der Waals surface area (Å²) in [4.78, 5) is 7.48.